The number of fused-ring (bicyclic) bond motifs is 1. The maximum absolute atomic E-state index is 11.3. The van der Waals surface area contributed by atoms with Gasteiger partial charge in [-0.3, -0.25) is 0 Å². The van der Waals surface area contributed by atoms with Crippen LogP contribution >= 0.6 is 11.6 Å². The molecule has 0 aliphatic rings. The fourth-order valence-corrected chi connectivity index (χ4v) is 2.74. The van der Waals surface area contributed by atoms with Crippen LogP contribution in [0.2, 0.25) is 0 Å². The first kappa shape index (κ1) is 22.9. The first-order chi connectivity index (χ1) is 13.2. The van der Waals surface area contributed by atoms with Crippen LogP contribution in [0.25, 0.3) is 10.8 Å². The van der Waals surface area contributed by atoms with Crippen molar-refractivity contribution < 1.29 is 39.6 Å². The van der Waals surface area contributed by atoms with Crippen molar-refractivity contribution in [3.05, 3.63) is 46.5 Å². The van der Waals surface area contributed by atoms with Gasteiger partial charge in [-0.15, -0.1) is 11.6 Å². The summed E-state index contributed by atoms with van der Waals surface area (Å²) in [6, 6.07) is 3.75. The molecule has 28 heavy (non-hydrogen) atoms. The number of unbranched alkanes of at least 4 members (excludes halogenated alkanes) is 2. The summed E-state index contributed by atoms with van der Waals surface area (Å²) < 4.78 is 0. The molecular weight excluding hydrogens is 392 g/mol. The first-order valence-electron chi connectivity index (χ1n) is 8.26. The SMILES string of the molecule is CCCCCCl.O=C(O)c1ccc(C(=O)O)c2c(C(=O)O)ccc(C(=O)O)c12. The minimum atomic E-state index is -1.49. The lowest BCUT2D eigenvalue weighted by molar-refractivity contribution is 0.0675. The molecule has 0 bridgehead atoms. The van der Waals surface area contributed by atoms with Crippen LogP contribution in [0.5, 0.6) is 0 Å². The molecule has 0 radical (unpaired) electrons. The Balaban J connectivity index is 0.000000568. The number of carbonyl (C=O) groups is 4. The molecule has 2 aromatic carbocycles. The largest absolute Gasteiger partial charge is 0.478 e. The van der Waals surface area contributed by atoms with Crippen molar-refractivity contribution in [2.24, 2.45) is 0 Å². The van der Waals surface area contributed by atoms with Crippen LogP contribution in [0.15, 0.2) is 24.3 Å². The van der Waals surface area contributed by atoms with Crippen LogP contribution in [-0.4, -0.2) is 50.2 Å². The Hall–Kier alpha value is -3.13. The second kappa shape index (κ2) is 10.3. The minimum absolute atomic E-state index is 0.431. The monoisotopic (exact) mass is 410 g/mol. The fraction of sp³-hybridized carbons (Fsp3) is 0.263. The Morgan fingerprint density at radius 2 is 0.964 bits per heavy atom. The van der Waals surface area contributed by atoms with Gasteiger partial charge in [-0.25, -0.2) is 19.2 Å². The van der Waals surface area contributed by atoms with Crippen LogP contribution in [0.1, 0.15) is 67.6 Å². The van der Waals surface area contributed by atoms with E-state index in [1.54, 1.807) is 0 Å². The summed E-state index contributed by atoms with van der Waals surface area (Å²) in [7, 11) is 0. The van der Waals surface area contributed by atoms with E-state index in [-0.39, 0.29) is 0 Å². The highest BCUT2D eigenvalue weighted by Crippen LogP contribution is 2.30. The van der Waals surface area contributed by atoms with E-state index in [4.69, 9.17) is 32.0 Å². The van der Waals surface area contributed by atoms with Gasteiger partial charge >= 0.3 is 23.9 Å². The Labute approximate surface area is 165 Å². The van der Waals surface area contributed by atoms with E-state index in [0.717, 1.165) is 30.1 Å². The van der Waals surface area contributed by atoms with Crippen molar-refractivity contribution in [3.8, 4) is 0 Å². The van der Waals surface area contributed by atoms with Crippen molar-refractivity contribution in [1.82, 2.24) is 0 Å². The van der Waals surface area contributed by atoms with Crippen molar-refractivity contribution in [2.75, 3.05) is 5.88 Å². The molecule has 0 fully saturated rings. The smallest absolute Gasteiger partial charge is 0.336 e. The number of aromatic carboxylic acids is 4. The van der Waals surface area contributed by atoms with Gasteiger partial charge in [-0.05, 0) is 30.7 Å². The molecule has 0 saturated carbocycles. The topological polar surface area (TPSA) is 149 Å². The van der Waals surface area contributed by atoms with Gasteiger partial charge in [0.25, 0.3) is 0 Å². The zero-order valence-corrected chi connectivity index (χ0v) is 15.7. The van der Waals surface area contributed by atoms with Crippen molar-refractivity contribution in [2.45, 2.75) is 26.2 Å². The van der Waals surface area contributed by atoms with Crippen LogP contribution in [0.4, 0.5) is 0 Å². The maximum atomic E-state index is 11.3. The summed E-state index contributed by atoms with van der Waals surface area (Å²) in [4.78, 5) is 45.1. The van der Waals surface area contributed by atoms with Crippen molar-refractivity contribution in [3.63, 3.8) is 0 Å². The van der Waals surface area contributed by atoms with Gasteiger partial charge < -0.3 is 20.4 Å². The fourth-order valence-electron chi connectivity index (χ4n) is 2.55. The number of halogens is 1. The van der Waals surface area contributed by atoms with Gasteiger partial charge in [0.05, 0.1) is 22.3 Å². The zero-order chi connectivity index (χ0) is 21.4. The molecule has 4 N–H and O–H groups in total. The summed E-state index contributed by atoms with van der Waals surface area (Å²) in [6.07, 6.45) is 3.73. The van der Waals surface area contributed by atoms with Crippen LogP contribution in [0.3, 0.4) is 0 Å². The second-order valence-electron chi connectivity index (χ2n) is 5.69. The normalized spacial score (nSPS) is 10.1. The summed E-state index contributed by atoms with van der Waals surface area (Å²) in [5.41, 5.74) is -1.94. The predicted octanol–water partition coefficient (Wildman–Crippen LogP) is 4.05. The molecule has 9 heteroatoms. The molecule has 2 aromatic rings. The number of alkyl halides is 1. The predicted molar refractivity (Wildman–Crippen MR) is 102 cm³/mol. The average Bonchev–Trinajstić information content (AvgIpc) is 2.64. The molecule has 0 atom stereocenters. The summed E-state index contributed by atoms with van der Waals surface area (Å²) in [6.45, 7) is 2.17. The standard InChI is InChI=1S/C14H8O8.C5H11Cl/c15-11(16)5-1-2-6(12(17)18)10-8(14(21)22)4-3-7(9(5)10)13(19)20;1-2-3-4-5-6/h1-4H,(H,15,16)(H,17,18)(H,19,20)(H,21,22);2-5H2,1H3. The molecule has 0 aliphatic heterocycles. The second-order valence-corrected chi connectivity index (χ2v) is 6.07. The molecule has 0 spiro atoms. The molecule has 8 nitrogen and oxygen atoms in total. The molecule has 2 rings (SSSR count). The maximum Gasteiger partial charge on any atom is 0.336 e. The highest BCUT2D eigenvalue weighted by molar-refractivity contribution is 6.21. The van der Waals surface area contributed by atoms with Crippen LogP contribution in [0, 0.1) is 0 Å². The lowest BCUT2D eigenvalue weighted by Crippen LogP contribution is -2.11. The molecule has 0 aromatic heterocycles. The van der Waals surface area contributed by atoms with Crippen LogP contribution in [-0.2, 0) is 0 Å². The third-order valence-corrected chi connectivity index (χ3v) is 4.09. The summed E-state index contributed by atoms with van der Waals surface area (Å²) in [5.74, 6) is -5.15. The molecule has 0 saturated heterocycles. The van der Waals surface area contributed by atoms with E-state index >= 15 is 0 Å². The lowest BCUT2D eigenvalue weighted by atomic mass is 9.91. The minimum Gasteiger partial charge on any atom is -0.478 e. The number of rotatable bonds is 7. The Morgan fingerprint density at radius 3 is 1.11 bits per heavy atom. The van der Waals surface area contributed by atoms with E-state index in [2.05, 4.69) is 6.92 Å². The molecule has 0 amide bonds. The number of hydrogen-bond donors (Lipinski definition) is 4. The van der Waals surface area contributed by atoms with E-state index < -0.39 is 56.9 Å². The molecule has 0 unspecified atom stereocenters. The molecule has 0 heterocycles. The van der Waals surface area contributed by atoms with Gasteiger partial charge in [-0.2, -0.15) is 0 Å². The van der Waals surface area contributed by atoms with E-state index in [1.165, 1.54) is 19.3 Å². The Kier molecular flexibility index (Phi) is 8.40. The third kappa shape index (κ3) is 5.20. The van der Waals surface area contributed by atoms with E-state index in [0.29, 0.717) is 0 Å². The van der Waals surface area contributed by atoms with Gasteiger partial charge in [0.15, 0.2) is 0 Å². The van der Waals surface area contributed by atoms with Gasteiger partial charge in [0, 0.05) is 16.7 Å². The Bertz CT molecular complexity index is 779. The molecule has 150 valence electrons. The zero-order valence-electron chi connectivity index (χ0n) is 14.9. The number of hydrogen-bond acceptors (Lipinski definition) is 4. The van der Waals surface area contributed by atoms with Gasteiger partial charge in [-0.1, -0.05) is 19.8 Å². The number of benzene rings is 2. The molecule has 0 aliphatic carbocycles. The summed E-state index contributed by atoms with van der Waals surface area (Å²) in [5, 5.41) is 35.8. The van der Waals surface area contributed by atoms with Crippen molar-refractivity contribution in [1.29, 1.82) is 0 Å². The van der Waals surface area contributed by atoms with Gasteiger partial charge in [0.2, 0.25) is 0 Å². The number of carboxylic acid groups (broad SMARTS) is 4. The third-order valence-electron chi connectivity index (χ3n) is 3.82. The quantitative estimate of drug-likeness (QED) is 0.394. The first-order valence-corrected chi connectivity index (χ1v) is 8.79. The highest BCUT2D eigenvalue weighted by atomic mass is 35.5. The van der Waals surface area contributed by atoms with Gasteiger partial charge in [0.1, 0.15) is 0 Å². The molecular formula is C19H19ClO8. The number of carboxylic acids is 4. The summed E-state index contributed by atoms with van der Waals surface area (Å²) >= 11 is 5.38. The van der Waals surface area contributed by atoms with Crippen molar-refractivity contribution >= 4 is 46.3 Å². The van der Waals surface area contributed by atoms with E-state index in [1.807, 2.05) is 0 Å². The Morgan fingerprint density at radius 1 is 0.679 bits per heavy atom. The van der Waals surface area contributed by atoms with E-state index in [9.17, 15) is 19.2 Å². The van der Waals surface area contributed by atoms with Crippen LogP contribution < -0.4 is 0 Å². The highest BCUT2D eigenvalue weighted by Gasteiger charge is 2.24. The average molecular weight is 411 g/mol. The lowest BCUT2D eigenvalue weighted by Gasteiger charge is -2.11.